The van der Waals surface area contributed by atoms with Gasteiger partial charge in [0, 0.05) is 54.5 Å². The number of pyridine rings is 2. The third-order valence-corrected chi connectivity index (χ3v) is 7.99. The van der Waals surface area contributed by atoms with Gasteiger partial charge < -0.3 is 26.4 Å². The summed E-state index contributed by atoms with van der Waals surface area (Å²) in [4.78, 5) is 26.1. The van der Waals surface area contributed by atoms with E-state index in [0.29, 0.717) is 29.7 Å². The van der Waals surface area contributed by atoms with Crippen molar-refractivity contribution in [3.63, 3.8) is 0 Å². The number of hydrogen-bond donors (Lipinski definition) is 3. The predicted octanol–water partition coefficient (Wildman–Crippen LogP) is 2.67. The minimum Gasteiger partial charge on any atom is -0.397 e. The van der Waals surface area contributed by atoms with Crippen LogP contribution < -0.4 is 21.7 Å². The molecule has 180 valence electrons. The second-order valence-corrected chi connectivity index (χ2v) is 10.3. The summed E-state index contributed by atoms with van der Waals surface area (Å²) < 4.78 is 5.60. The highest BCUT2D eigenvalue weighted by atomic mass is 32.1. The molecule has 5 rings (SSSR count). The lowest BCUT2D eigenvalue weighted by atomic mass is 9.91. The lowest BCUT2D eigenvalue weighted by molar-refractivity contribution is 0.0938. The van der Waals surface area contributed by atoms with Crippen molar-refractivity contribution < 1.29 is 9.53 Å². The fourth-order valence-corrected chi connectivity index (χ4v) is 5.98. The summed E-state index contributed by atoms with van der Waals surface area (Å²) >= 11 is 1.36. The van der Waals surface area contributed by atoms with Crippen LogP contribution in [0.25, 0.3) is 10.2 Å². The summed E-state index contributed by atoms with van der Waals surface area (Å²) in [6.07, 6.45) is 2.45. The molecule has 1 saturated heterocycles. The number of fused-ring (bicyclic) bond motifs is 2. The molecular formula is C25H32N6O2S. The molecule has 9 heteroatoms. The van der Waals surface area contributed by atoms with Crippen molar-refractivity contribution in [3.8, 4) is 0 Å². The largest absolute Gasteiger partial charge is 0.397 e. The molecule has 0 aromatic carbocycles. The Hall–Kier alpha value is -2.75. The van der Waals surface area contributed by atoms with Gasteiger partial charge in [-0.25, -0.2) is 9.97 Å². The number of rotatable bonds is 6. The average molecular weight is 481 g/mol. The Labute approximate surface area is 203 Å². The SMILES string of the molecule is CCOCC1CN(c2ccc3c(n2)CCC(NC(=O)c2sc4nc(C)ccc4c2N)C3)CC1N. The third kappa shape index (κ3) is 4.47. The fourth-order valence-electron chi connectivity index (χ4n) is 4.94. The van der Waals surface area contributed by atoms with Crippen LogP contribution in [0.1, 0.15) is 40.0 Å². The van der Waals surface area contributed by atoms with Crippen LogP contribution >= 0.6 is 11.3 Å². The second-order valence-electron chi connectivity index (χ2n) is 9.33. The number of nitrogens with two attached hydrogens (primary N) is 2. The summed E-state index contributed by atoms with van der Waals surface area (Å²) in [6, 6.07) is 8.25. The van der Waals surface area contributed by atoms with E-state index in [9.17, 15) is 4.79 Å². The van der Waals surface area contributed by atoms with E-state index in [0.717, 1.165) is 59.8 Å². The van der Waals surface area contributed by atoms with Crippen molar-refractivity contribution in [3.05, 3.63) is 46.1 Å². The number of aromatic nitrogens is 2. The van der Waals surface area contributed by atoms with Gasteiger partial charge in [0.25, 0.3) is 5.91 Å². The highest BCUT2D eigenvalue weighted by molar-refractivity contribution is 7.21. The molecule has 8 nitrogen and oxygen atoms in total. The molecule has 0 spiro atoms. The van der Waals surface area contributed by atoms with E-state index >= 15 is 0 Å². The molecule has 1 fully saturated rings. The van der Waals surface area contributed by atoms with Crippen LogP contribution in [-0.2, 0) is 17.6 Å². The van der Waals surface area contributed by atoms with Gasteiger partial charge in [0.05, 0.1) is 12.3 Å². The molecule has 4 heterocycles. The van der Waals surface area contributed by atoms with Gasteiger partial charge >= 0.3 is 0 Å². The van der Waals surface area contributed by atoms with Gasteiger partial charge in [-0.3, -0.25) is 4.79 Å². The Morgan fingerprint density at radius 2 is 2.12 bits per heavy atom. The van der Waals surface area contributed by atoms with Gasteiger partial charge in [-0.05, 0) is 56.9 Å². The lowest BCUT2D eigenvalue weighted by Crippen LogP contribution is -2.39. The molecule has 3 atom stereocenters. The molecular weight excluding hydrogens is 448 g/mol. The predicted molar refractivity (Wildman–Crippen MR) is 136 cm³/mol. The van der Waals surface area contributed by atoms with Gasteiger partial charge in [-0.2, -0.15) is 0 Å². The Bertz CT molecular complexity index is 1210. The first-order valence-electron chi connectivity index (χ1n) is 12.0. The van der Waals surface area contributed by atoms with Crippen molar-refractivity contribution in [2.24, 2.45) is 11.7 Å². The number of nitrogens with zero attached hydrogens (tertiary/aromatic N) is 3. The molecule has 0 saturated carbocycles. The number of amides is 1. The smallest absolute Gasteiger partial charge is 0.263 e. The molecule has 0 radical (unpaired) electrons. The zero-order valence-corrected chi connectivity index (χ0v) is 20.5. The number of aryl methyl sites for hydroxylation is 2. The minimum absolute atomic E-state index is 0.0581. The quantitative estimate of drug-likeness (QED) is 0.496. The van der Waals surface area contributed by atoms with E-state index in [4.69, 9.17) is 21.2 Å². The van der Waals surface area contributed by atoms with E-state index in [2.05, 4.69) is 27.3 Å². The number of nitrogens with one attached hydrogen (secondary N) is 1. The summed E-state index contributed by atoms with van der Waals surface area (Å²) in [5, 5.41) is 4.03. The van der Waals surface area contributed by atoms with E-state index in [1.54, 1.807) is 0 Å². The van der Waals surface area contributed by atoms with Crippen LogP contribution in [0.5, 0.6) is 0 Å². The standard InChI is InChI=1S/C25H32N6O2S/c1-3-33-13-16-11-31(12-19(16)26)21-9-5-15-10-17(6-8-20(15)30-21)29-24(32)23-22(27)18-7-4-14(2)28-25(18)34-23/h4-5,7,9,16-17,19H,3,6,8,10-13,26-27H2,1-2H3,(H,29,32). The lowest BCUT2D eigenvalue weighted by Gasteiger charge is -2.26. The maximum Gasteiger partial charge on any atom is 0.263 e. The summed E-state index contributed by atoms with van der Waals surface area (Å²) in [7, 11) is 0. The summed E-state index contributed by atoms with van der Waals surface area (Å²) in [6.45, 7) is 7.02. The highest BCUT2D eigenvalue weighted by Crippen LogP contribution is 2.33. The van der Waals surface area contributed by atoms with E-state index in [1.807, 2.05) is 26.0 Å². The summed E-state index contributed by atoms with van der Waals surface area (Å²) in [5.41, 5.74) is 16.3. The van der Waals surface area contributed by atoms with Crippen LogP contribution in [0, 0.1) is 12.8 Å². The van der Waals surface area contributed by atoms with Gasteiger partial charge in [0.15, 0.2) is 0 Å². The number of anilines is 2. The van der Waals surface area contributed by atoms with Gasteiger partial charge in [-0.15, -0.1) is 11.3 Å². The molecule has 3 unspecified atom stereocenters. The topological polar surface area (TPSA) is 119 Å². The number of nitrogen functional groups attached to an aromatic ring is 1. The fraction of sp³-hybridized carbons (Fsp3) is 0.480. The summed E-state index contributed by atoms with van der Waals surface area (Å²) in [5.74, 6) is 1.19. The van der Waals surface area contributed by atoms with E-state index in [1.165, 1.54) is 16.9 Å². The Morgan fingerprint density at radius 1 is 1.26 bits per heavy atom. The van der Waals surface area contributed by atoms with E-state index in [-0.39, 0.29) is 18.0 Å². The Morgan fingerprint density at radius 3 is 2.94 bits per heavy atom. The number of carbonyl (C=O) groups is 1. The molecule has 2 aliphatic rings. The number of thiophene rings is 1. The molecule has 1 amide bonds. The normalized spacial score (nSPS) is 22.2. The van der Waals surface area contributed by atoms with Gasteiger partial charge in [0.2, 0.25) is 0 Å². The van der Waals surface area contributed by atoms with Crippen molar-refractivity contribution in [2.45, 2.75) is 45.2 Å². The minimum atomic E-state index is -0.123. The molecule has 3 aromatic rings. The first-order valence-corrected chi connectivity index (χ1v) is 12.8. The molecule has 1 aliphatic carbocycles. The maximum atomic E-state index is 13.0. The Balaban J connectivity index is 1.24. The van der Waals surface area contributed by atoms with Crippen molar-refractivity contribution >= 4 is 39.0 Å². The molecule has 5 N–H and O–H groups in total. The van der Waals surface area contributed by atoms with Crippen LogP contribution in [-0.4, -0.2) is 54.3 Å². The Kier molecular flexibility index (Phi) is 6.42. The van der Waals surface area contributed by atoms with Gasteiger partial charge in [-0.1, -0.05) is 6.07 Å². The van der Waals surface area contributed by atoms with Gasteiger partial charge in [0.1, 0.15) is 15.5 Å². The highest BCUT2D eigenvalue weighted by Gasteiger charge is 2.32. The number of carbonyl (C=O) groups excluding carboxylic acids is 1. The second kappa shape index (κ2) is 9.48. The third-order valence-electron chi connectivity index (χ3n) is 6.88. The molecule has 34 heavy (non-hydrogen) atoms. The first kappa shape index (κ1) is 23.0. The molecule has 0 bridgehead atoms. The molecule has 3 aromatic heterocycles. The van der Waals surface area contributed by atoms with Crippen molar-refractivity contribution in [1.82, 2.24) is 15.3 Å². The first-order chi connectivity index (χ1) is 16.4. The van der Waals surface area contributed by atoms with Crippen LogP contribution in [0.4, 0.5) is 11.5 Å². The average Bonchev–Trinajstić information content (AvgIpc) is 3.36. The zero-order chi connectivity index (χ0) is 23.8. The van der Waals surface area contributed by atoms with Crippen LogP contribution in [0.3, 0.4) is 0 Å². The molecule has 1 aliphatic heterocycles. The van der Waals surface area contributed by atoms with Crippen LogP contribution in [0.15, 0.2) is 24.3 Å². The monoisotopic (exact) mass is 480 g/mol. The van der Waals surface area contributed by atoms with Crippen molar-refractivity contribution in [1.29, 1.82) is 0 Å². The van der Waals surface area contributed by atoms with E-state index < -0.39 is 0 Å². The van der Waals surface area contributed by atoms with Crippen molar-refractivity contribution in [2.75, 3.05) is 36.9 Å². The zero-order valence-electron chi connectivity index (χ0n) is 19.7. The maximum absolute atomic E-state index is 13.0. The number of ether oxygens (including phenoxy) is 1. The number of hydrogen-bond acceptors (Lipinski definition) is 8. The van der Waals surface area contributed by atoms with Crippen LogP contribution in [0.2, 0.25) is 0 Å².